The molecular formula is C17H25NO5. The Balaban J connectivity index is 2.70. The highest BCUT2D eigenvalue weighted by Gasteiger charge is 2.17. The first-order valence-electron chi connectivity index (χ1n) is 7.49. The lowest BCUT2D eigenvalue weighted by Gasteiger charge is -2.20. The molecule has 0 fully saturated rings. The summed E-state index contributed by atoms with van der Waals surface area (Å²) in [7, 11) is 1.56. The predicted octanol–water partition coefficient (Wildman–Crippen LogP) is 2.30. The van der Waals surface area contributed by atoms with Crippen LogP contribution in [0.1, 0.15) is 43.6 Å². The lowest BCUT2D eigenvalue weighted by Crippen LogP contribution is -2.42. The van der Waals surface area contributed by atoms with E-state index in [1.165, 1.54) is 0 Å². The Morgan fingerprint density at radius 1 is 1.22 bits per heavy atom. The molecule has 1 aromatic carbocycles. The zero-order valence-corrected chi connectivity index (χ0v) is 14.4. The van der Waals surface area contributed by atoms with Crippen LogP contribution in [0, 0.1) is 0 Å². The topological polar surface area (TPSA) is 73.9 Å². The minimum absolute atomic E-state index is 0.317. The molecule has 0 unspecified atom stereocenters. The molecule has 0 atom stereocenters. The van der Waals surface area contributed by atoms with E-state index in [0.29, 0.717) is 24.5 Å². The summed E-state index contributed by atoms with van der Waals surface area (Å²) >= 11 is 0. The van der Waals surface area contributed by atoms with Crippen molar-refractivity contribution in [3.8, 4) is 5.75 Å². The van der Waals surface area contributed by atoms with E-state index in [-0.39, 0.29) is 18.1 Å². The number of methoxy groups -OCH3 is 1. The van der Waals surface area contributed by atoms with Gasteiger partial charge in [0.05, 0.1) is 19.3 Å². The summed E-state index contributed by atoms with van der Waals surface area (Å²) in [4.78, 5) is 23.7. The zero-order chi connectivity index (χ0) is 17.5. The highest BCUT2D eigenvalue weighted by Crippen LogP contribution is 2.21. The van der Waals surface area contributed by atoms with E-state index in [2.05, 4.69) is 5.32 Å². The van der Waals surface area contributed by atoms with Gasteiger partial charge >= 0.3 is 5.97 Å². The van der Waals surface area contributed by atoms with Crippen molar-refractivity contribution in [1.82, 2.24) is 5.32 Å². The maximum atomic E-state index is 12.1. The van der Waals surface area contributed by atoms with Crippen molar-refractivity contribution in [2.45, 2.75) is 39.8 Å². The van der Waals surface area contributed by atoms with E-state index >= 15 is 0 Å². The van der Waals surface area contributed by atoms with Crippen LogP contribution in [0.25, 0.3) is 0 Å². The average Bonchev–Trinajstić information content (AvgIpc) is 2.48. The predicted molar refractivity (Wildman–Crippen MR) is 86.5 cm³/mol. The smallest absolute Gasteiger partial charge is 0.338 e. The standard InChI is InChI=1S/C17H25NO5/c1-6-22-10-13-9-12(7-8-14(13)21-5)16(20)23-11-15(19)18-17(2,3)4/h7-9H,6,10-11H2,1-5H3,(H,18,19). The maximum Gasteiger partial charge on any atom is 0.338 e. The van der Waals surface area contributed by atoms with Crippen molar-refractivity contribution >= 4 is 11.9 Å². The summed E-state index contributed by atoms with van der Waals surface area (Å²) in [5, 5.41) is 2.73. The number of amides is 1. The van der Waals surface area contributed by atoms with Gasteiger partial charge in [-0.1, -0.05) is 0 Å². The van der Waals surface area contributed by atoms with Gasteiger partial charge in [0, 0.05) is 17.7 Å². The summed E-state index contributed by atoms with van der Waals surface area (Å²) in [6.45, 7) is 8.04. The molecule has 0 aliphatic rings. The van der Waals surface area contributed by atoms with Crippen LogP contribution in [0.2, 0.25) is 0 Å². The summed E-state index contributed by atoms with van der Waals surface area (Å²) in [6.07, 6.45) is 0. The lowest BCUT2D eigenvalue weighted by molar-refractivity contribution is -0.125. The third-order valence-corrected chi connectivity index (χ3v) is 2.83. The van der Waals surface area contributed by atoms with Crippen LogP contribution in [0.3, 0.4) is 0 Å². The average molecular weight is 323 g/mol. The molecule has 0 saturated heterocycles. The molecule has 0 aliphatic heterocycles. The number of carbonyl (C=O) groups is 2. The third kappa shape index (κ3) is 6.69. The van der Waals surface area contributed by atoms with Gasteiger partial charge in [-0.15, -0.1) is 0 Å². The highest BCUT2D eigenvalue weighted by molar-refractivity contribution is 5.91. The van der Waals surface area contributed by atoms with Gasteiger partial charge in [-0.3, -0.25) is 4.79 Å². The van der Waals surface area contributed by atoms with Crippen LogP contribution < -0.4 is 10.1 Å². The van der Waals surface area contributed by atoms with E-state index < -0.39 is 5.97 Å². The fourth-order valence-electron chi connectivity index (χ4n) is 1.90. The molecule has 6 heteroatoms. The van der Waals surface area contributed by atoms with Crippen molar-refractivity contribution in [3.05, 3.63) is 29.3 Å². The number of esters is 1. The lowest BCUT2D eigenvalue weighted by atomic mass is 10.1. The number of carbonyl (C=O) groups excluding carboxylic acids is 2. The molecule has 0 aliphatic carbocycles. The van der Waals surface area contributed by atoms with Crippen LogP contribution in [-0.4, -0.2) is 37.7 Å². The van der Waals surface area contributed by atoms with Crippen molar-refractivity contribution < 1.29 is 23.8 Å². The van der Waals surface area contributed by atoms with Gasteiger partial charge < -0.3 is 19.5 Å². The van der Waals surface area contributed by atoms with Gasteiger partial charge in [0.25, 0.3) is 5.91 Å². The molecule has 1 amide bonds. The molecule has 0 bridgehead atoms. The fraction of sp³-hybridized carbons (Fsp3) is 0.529. The molecule has 0 aromatic heterocycles. The Hall–Kier alpha value is -2.08. The highest BCUT2D eigenvalue weighted by atomic mass is 16.5. The first-order valence-corrected chi connectivity index (χ1v) is 7.49. The Kier molecular flexibility index (Phi) is 7.03. The first kappa shape index (κ1) is 19.0. The first-order chi connectivity index (χ1) is 10.8. The molecule has 1 aromatic rings. The van der Waals surface area contributed by atoms with Gasteiger partial charge in [0.15, 0.2) is 6.61 Å². The van der Waals surface area contributed by atoms with Gasteiger partial charge in [-0.05, 0) is 45.9 Å². The van der Waals surface area contributed by atoms with Gasteiger partial charge in [-0.2, -0.15) is 0 Å². The third-order valence-electron chi connectivity index (χ3n) is 2.83. The fourth-order valence-corrected chi connectivity index (χ4v) is 1.90. The van der Waals surface area contributed by atoms with Crippen LogP contribution in [0.15, 0.2) is 18.2 Å². The SMILES string of the molecule is CCOCc1cc(C(=O)OCC(=O)NC(C)(C)C)ccc1OC. The molecule has 6 nitrogen and oxygen atoms in total. The summed E-state index contributed by atoms with van der Waals surface area (Å²) < 4.78 is 15.6. The Morgan fingerprint density at radius 3 is 2.48 bits per heavy atom. The molecule has 0 saturated carbocycles. The van der Waals surface area contributed by atoms with Crippen LogP contribution in [0.5, 0.6) is 5.75 Å². The number of ether oxygens (including phenoxy) is 3. The molecule has 1 rings (SSSR count). The summed E-state index contributed by atoms with van der Waals surface area (Å²) in [5.41, 5.74) is 0.737. The minimum atomic E-state index is -0.561. The van der Waals surface area contributed by atoms with E-state index in [4.69, 9.17) is 14.2 Å². The number of hydrogen-bond acceptors (Lipinski definition) is 5. The number of rotatable bonds is 7. The summed E-state index contributed by atoms with van der Waals surface area (Å²) in [6, 6.07) is 4.93. The zero-order valence-electron chi connectivity index (χ0n) is 14.4. The van der Waals surface area contributed by atoms with Gasteiger partial charge in [0.1, 0.15) is 5.75 Å². The van der Waals surface area contributed by atoms with Crippen LogP contribution in [-0.2, 0) is 20.9 Å². The Labute approximate surface area is 137 Å². The summed E-state index contributed by atoms with van der Waals surface area (Å²) in [5.74, 6) is -0.260. The molecule has 0 heterocycles. The van der Waals surface area contributed by atoms with Crippen molar-refractivity contribution in [2.75, 3.05) is 20.3 Å². The van der Waals surface area contributed by atoms with Gasteiger partial charge in [0.2, 0.25) is 0 Å². The normalized spacial score (nSPS) is 11.0. The monoisotopic (exact) mass is 323 g/mol. The van der Waals surface area contributed by atoms with E-state index in [1.54, 1.807) is 25.3 Å². The number of nitrogens with one attached hydrogen (secondary N) is 1. The van der Waals surface area contributed by atoms with Crippen molar-refractivity contribution in [3.63, 3.8) is 0 Å². The molecule has 0 radical (unpaired) electrons. The van der Waals surface area contributed by atoms with Crippen LogP contribution in [0.4, 0.5) is 0 Å². The van der Waals surface area contributed by atoms with Crippen LogP contribution >= 0.6 is 0 Å². The second kappa shape index (κ2) is 8.53. The van der Waals surface area contributed by atoms with E-state index in [1.807, 2.05) is 27.7 Å². The minimum Gasteiger partial charge on any atom is -0.496 e. The molecule has 0 spiro atoms. The largest absolute Gasteiger partial charge is 0.496 e. The van der Waals surface area contributed by atoms with Crippen molar-refractivity contribution in [2.24, 2.45) is 0 Å². The number of hydrogen-bond donors (Lipinski definition) is 1. The van der Waals surface area contributed by atoms with E-state index in [9.17, 15) is 9.59 Å². The van der Waals surface area contributed by atoms with E-state index in [0.717, 1.165) is 5.56 Å². The molecule has 128 valence electrons. The molecular weight excluding hydrogens is 298 g/mol. The quantitative estimate of drug-likeness (QED) is 0.779. The Morgan fingerprint density at radius 2 is 1.91 bits per heavy atom. The number of benzene rings is 1. The second-order valence-electron chi connectivity index (χ2n) is 6.04. The molecule has 1 N–H and O–H groups in total. The van der Waals surface area contributed by atoms with Gasteiger partial charge in [-0.25, -0.2) is 4.79 Å². The second-order valence-corrected chi connectivity index (χ2v) is 6.04. The maximum absolute atomic E-state index is 12.1. The van der Waals surface area contributed by atoms with Crippen molar-refractivity contribution in [1.29, 1.82) is 0 Å². The Bertz CT molecular complexity index is 548. The molecule has 23 heavy (non-hydrogen) atoms.